The topological polar surface area (TPSA) is 36.4 Å². The predicted octanol–water partition coefficient (Wildman–Crippen LogP) is 3.35. The van der Waals surface area contributed by atoms with Crippen LogP contribution in [-0.2, 0) is 0 Å². The van der Waals surface area contributed by atoms with E-state index in [0.717, 1.165) is 24.5 Å². The van der Waals surface area contributed by atoms with E-state index in [-0.39, 0.29) is 5.91 Å². The van der Waals surface area contributed by atoms with E-state index in [1.807, 2.05) is 42.5 Å². The van der Waals surface area contributed by atoms with Crippen molar-refractivity contribution in [1.29, 1.82) is 0 Å². The van der Waals surface area contributed by atoms with Crippen LogP contribution in [-0.4, -0.2) is 31.0 Å². The number of anilines is 2. The Morgan fingerprint density at radius 2 is 1.82 bits per heavy atom. The van der Waals surface area contributed by atoms with E-state index in [4.69, 9.17) is 0 Å². The van der Waals surface area contributed by atoms with Crippen molar-refractivity contribution in [2.75, 3.05) is 29.9 Å². The SMILES string of the molecule is CN(C(=O)c1cc(N2CCCCC2)ccn1)c1ccccc1. The van der Waals surface area contributed by atoms with Gasteiger partial charge in [0.1, 0.15) is 5.69 Å². The predicted molar refractivity (Wildman–Crippen MR) is 89.5 cm³/mol. The maximum atomic E-state index is 12.6. The lowest BCUT2D eigenvalue weighted by Gasteiger charge is -2.29. The van der Waals surface area contributed by atoms with Crippen molar-refractivity contribution in [2.45, 2.75) is 19.3 Å². The van der Waals surface area contributed by atoms with Crippen LogP contribution in [0.3, 0.4) is 0 Å². The molecule has 3 rings (SSSR count). The first-order valence-corrected chi connectivity index (χ1v) is 7.80. The van der Waals surface area contributed by atoms with Gasteiger partial charge in [0, 0.05) is 37.7 Å². The third-order valence-corrected chi connectivity index (χ3v) is 4.13. The Labute approximate surface area is 131 Å². The molecule has 0 N–H and O–H groups in total. The van der Waals surface area contributed by atoms with Crippen LogP contribution in [0.2, 0.25) is 0 Å². The summed E-state index contributed by atoms with van der Waals surface area (Å²) in [6.45, 7) is 2.12. The lowest BCUT2D eigenvalue weighted by atomic mass is 10.1. The standard InChI is InChI=1S/C18H21N3O/c1-20(15-8-4-2-5-9-15)18(22)17-14-16(10-11-19-17)21-12-6-3-7-13-21/h2,4-5,8-11,14H,3,6-7,12-13H2,1H3. The molecule has 1 aliphatic heterocycles. The second-order valence-electron chi connectivity index (χ2n) is 5.65. The highest BCUT2D eigenvalue weighted by Gasteiger charge is 2.17. The number of aromatic nitrogens is 1. The minimum atomic E-state index is -0.0786. The number of carbonyl (C=O) groups excluding carboxylic acids is 1. The fourth-order valence-electron chi connectivity index (χ4n) is 2.83. The molecule has 1 amide bonds. The second kappa shape index (κ2) is 6.60. The van der Waals surface area contributed by atoms with Gasteiger partial charge < -0.3 is 9.80 Å². The van der Waals surface area contributed by atoms with Gasteiger partial charge in [0.2, 0.25) is 0 Å². The Hall–Kier alpha value is -2.36. The van der Waals surface area contributed by atoms with Crippen molar-refractivity contribution < 1.29 is 4.79 Å². The van der Waals surface area contributed by atoms with Crippen molar-refractivity contribution >= 4 is 17.3 Å². The van der Waals surface area contributed by atoms with Gasteiger partial charge >= 0.3 is 0 Å². The molecule has 4 heteroatoms. The highest BCUT2D eigenvalue weighted by atomic mass is 16.2. The molecule has 1 saturated heterocycles. The molecule has 0 aliphatic carbocycles. The normalized spacial score (nSPS) is 14.7. The third kappa shape index (κ3) is 3.11. The lowest BCUT2D eigenvalue weighted by molar-refractivity contribution is 0.0988. The first-order chi connectivity index (χ1) is 10.8. The molecule has 1 aromatic heterocycles. The average Bonchev–Trinajstić information content (AvgIpc) is 2.62. The van der Waals surface area contributed by atoms with Crippen LogP contribution < -0.4 is 9.80 Å². The maximum Gasteiger partial charge on any atom is 0.276 e. The third-order valence-electron chi connectivity index (χ3n) is 4.13. The average molecular weight is 295 g/mol. The zero-order valence-electron chi connectivity index (χ0n) is 12.9. The molecule has 2 aromatic rings. The number of pyridine rings is 1. The van der Waals surface area contributed by atoms with Crippen LogP contribution in [0.1, 0.15) is 29.8 Å². The number of para-hydroxylation sites is 1. The van der Waals surface area contributed by atoms with E-state index in [2.05, 4.69) is 9.88 Å². The molecule has 1 aromatic carbocycles. The number of hydrogen-bond donors (Lipinski definition) is 0. The summed E-state index contributed by atoms with van der Waals surface area (Å²) in [5.74, 6) is -0.0786. The Balaban J connectivity index is 1.80. The molecule has 0 saturated carbocycles. The van der Waals surface area contributed by atoms with Gasteiger partial charge in [-0.1, -0.05) is 18.2 Å². The molecule has 0 unspecified atom stereocenters. The van der Waals surface area contributed by atoms with E-state index in [9.17, 15) is 4.79 Å². The minimum absolute atomic E-state index is 0.0786. The molecule has 4 nitrogen and oxygen atoms in total. The molecule has 0 atom stereocenters. The number of hydrogen-bond acceptors (Lipinski definition) is 3. The molecule has 0 spiro atoms. The molecule has 2 heterocycles. The van der Waals surface area contributed by atoms with Crippen molar-refractivity contribution in [3.63, 3.8) is 0 Å². The first-order valence-electron chi connectivity index (χ1n) is 7.80. The summed E-state index contributed by atoms with van der Waals surface area (Å²) in [6, 6.07) is 13.5. The summed E-state index contributed by atoms with van der Waals surface area (Å²) < 4.78 is 0. The van der Waals surface area contributed by atoms with Gasteiger partial charge in [-0.05, 0) is 43.5 Å². The summed E-state index contributed by atoms with van der Waals surface area (Å²) in [5, 5.41) is 0. The summed E-state index contributed by atoms with van der Waals surface area (Å²) in [5.41, 5.74) is 2.46. The van der Waals surface area contributed by atoms with E-state index < -0.39 is 0 Å². The summed E-state index contributed by atoms with van der Waals surface area (Å²) in [6.07, 6.45) is 5.46. The summed E-state index contributed by atoms with van der Waals surface area (Å²) in [4.78, 5) is 20.9. The molecule has 114 valence electrons. The summed E-state index contributed by atoms with van der Waals surface area (Å²) in [7, 11) is 1.78. The quantitative estimate of drug-likeness (QED) is 0.871. The van der Waals surface area contributed by atoms with Crippen LogP contribution in [0.25, 0.3) is 0 Å². The molecule has 22 heavy (non-hydrogen) atoms. The Morgan fingerprint density at radius 1 is 1.09 bits per heavy atom. The second-order valence-corrected chi connectivity index (χ2v) is 5.65. The number of nitrogens with zero attached hydrogens (tertiary/aromatic N) is 3. The van der Waals surface area contributed by atoms with E-state index in [0.29, 0.717) is 5.69 Å². The van der Waals surface area contributed by atoms with E-state index in [1.54, 1.807) is 18.1 Å². The molecule has 0 bridgehead atoms. The lowest BCUT2D eigenvalue weighted by Crippen LogP contribution is -2.30. The van der Waals surface area contributed by atoms with Crippen molar-refractivity contribution in [1.82, 2.24) is 4.98 Å². The van der Waals surface area contributed by atoms with E-state index >= 15 is 0 Å². The monoisotopic (exact) mass is 295 g/mol. The summed E-state index contributed by atoms with van der Waals surface area (Å²) >= 11 is 0. The highest BCUT2D eigenvalue weighted by molar-refractivity contribution is 6.04. The van der Waals surface area contributed by atoms with E-state index in [1.165, 1.54) is 19.3 Å². The van der Waals surface area contributed by atoms with Crippen molar-refractivity contribution in [2.24, 2.45) is 0 Å². The van der Waals surface area contributed by atoms with Crippen LogP contribution in [0.15, 0.2) is 48.7 Å². The van der Waals surface area contributed by atoms with Crippen LogP contribution in [0.4, 0.5) is 11.4 Å². The first kappa shape index (κ1) is 14.6. The Morgan fingerprint density at radius 3 is 2.55 bits per heavy atom. The highest BCUT2D eigenvalue weighted by Crippen LogP contribution is 2.21. The molecule has 0 radical (unpaired) electrons. The number of benzene rings is 1. The van der Waals surface area contributed by atoms with Crippen LogP contribution >= 0.6 is 0 Å². The van der Waals surface area contributed by atoms with Gasteiger partial charge in [0.05, 0.1) is 0 Å². The van der Waals surface area contributed by atoms with Crippen molar-refractivity contribution in [3.8, 4) is 0 Å². The smallest absolute Gasteiger partial charge is 0.276 e. The largest absolute Gasteiger partial charge is 0.371 e. The number of piperidine rings is 1. The fourth-order valence-corrected chi connectivity index (χ4v) is 2.83. The zero-order valence-corrected chi connectivity index (χ0v) is 12.9. The number of rotatable bonds is 3. The number of carbonyl (C=O) groups is 1. The molecule has 1 fully saturated rings. The molecular weight excluding hydrogens is 274 g/mol. The number of amides is 1. The van der Waals surface area contributed by atoms with Crippen LogP contribution in [0, 0.1) is 0 Å². The molecule has 1 aliphatic rings. The van der Waals surface area contributed by atoms with Crippen molar-refractivity contribution in [3.05, 3.63) is 54.4 Å². The van der Waals surface area contributed by atoms with Crippen LogP contribution in [0.5, 0.6) is 0 Å². The fraction of sp³-hybridized carbons (Fsp3) is 0.333. The van der Waals surface area contributed by atoms with Gasteiger partial charge in [-0.25, -0.2) is 0 Å². The van der Waals surface area contributed by atoms with Gasteiger partial charge in [-0.2, -0.15) is 0 Å². The maximum absolute atomic E-state index is 12.6. The van der Waals surface area contributed by atoms with Gasteiger partial charge in [-0.3, -0.25) is 9.78 Å². The zero-order chi connectivity index (χ0) is 15.4. The minimum Gasteiger partial charge on any atom is -0.371 e. The van der Waals surface area contributed by atoms with Gasteiger partial charge in [-0.15, -0.1) is 0 Å². The van der Waals surface area contributed by atoms with Gasteiger partial charge in [0.25, 0.3) is 5.91 Å². The Kier molecular flexibility index (Phi) is 4.37. The Bertz CT molecular complexity index is 636. The molecular formula is C18H21N3O. The van der Waals surface area contributed by atoms with Gasteiger partial charge in [0.15, 0.2) is 0 Å².